The van der Waals surface area contributed by atoms with Crippen LogP contribution in [-0.2, 0) is 11.3 Å². The first-order chi connectivity index (χ1) is 10.7. The summed E-state index contributed by atoms with van der Waals surface area (Å²) in [5.74, 6) is -0.293. The van der Waals surface area contributed by atoms with E-state index in [0.717, 1.165) is 30.9 Å². The van der Waals surface area contributed by atoms with Gasteiger partial charge >= 0.3 is 0 Å². The van der Waals surface area contributed by atoms with Crippen LogP contribution in [0.25, 0.3) is 0 Å². The molecule has 5 heteroatoms. The van der Waals surface area contributed by atoms with Gasteiger partial charge in [0.25, 0.3) is 0 Å². The van der Waals surface area contributed by atoms with E-state index in [4.69, 9.17) is 16.3 Å². The lowest BCUT2D eigenvalue weighted by Crippen LogP contribution is -2.33. The van der Waals surface area contributed by atoms with E-state index in [2.05, 4.69) is 10.6 Å². The van der Waals surface area contributed by atoms with Gasteiger partial charge in [-0.2, -0.15) is 0 Å². The highest BCUT2D eigenvalue weighted by Gasteiger charge is 2.15. The molecule has 0 bridgehead atoms. The van der Waals surface area contributed by atoms with Crippen LogP contribution < -0.4 is 10.6 Å². The Hall–Kier alpha value is -1.62. The third kappa shape index (κ3) is 3.77. The standard InChI is InChI=1S/C17H18ClFN2O/c18-14-4-1-13(16(19)9-14)10-21-15-5-2-12(3-6-15)17-11-20-7-8-22-17/h1-6,9,17,20-21H,7-8,10-11H2. The van der Waals surface area contributed by atoms with Gasteiger partial charge in [0.2, 0.25) is 0 Å². The van der Waals surface area contributed by atoms with Crippen molar-refractivity contribution in [3.63, 3.8) is 0 Å². The minimum absolute atomic E-state index is 0.108. The number of rotatable bonds is 4. The van der Waals surface area contributed by atoms with Gasteiger partial charge in [-0.25, -0.2) is 4.39 Å². The van der Waals surface area contributed by atoms with E-state index in [1.165, 1.54) is 6.07 Å². The molecule has 2 aromatic rings. The molecule has 1 aliphatic heterocycles. The van der Waals surface area contributed by atoms with Crippen molar-refractivity contribution in [3.05, 3.63) is 64.4 Å². The van der Waals surface area contributed by atoms with Gasteiger partial charge in [-0.3, -0.25) is 0 Å². The van der Waals surface area contributed by atoms with E-state index in [1.54, 1.807) is 12.1 Å². The van der Waals surface area contributed by atoms with E-state index >= 15 is 0 Å². The molecule has 0 aromatic heterocycles. The van der Waals surface area contributed by atoms with Gasteiger partial charge in [0.05, 0.1) is 12.7 Å². The second kappa shape index (κ2) is 7.09. The number of ether oxygens (including phenoxy) is 1. The second-order valence-electron chi connectivity index (χ2n) is 5.27. The van der Waals surface area contributed by atoms with Crippen LogP contribution in [0.15, 0.2) is 42.5 Å². The molecule has 1 unspecified atom stereocenters. The Kier molecular flexibility index (Phi) is 4.93. The Balaban J connectivity index is 1.61. The highest BCUT2D eigenvalue weighted by Crippen LogP contribution is 2.21. The van der Waals surface area contributed by atoms with Gasteiger partial charge < -0.3 is 15.4 Å². The van der Waals surface area contributed by atoms with Crippen LogP contribution in [0.3, 0.4) is 0 Å². The van der Waals surface area contributed by atoms with E-state index in [0.29, 0.717) is 17.1 Å². The van der Waals surface area contributed by atoms with Crippen LogP contribution in [0.1, 0.15) is 17.2 Å². The summed E-state index contributed by atoms with van der Waals surface area (Å²) < 4.78 is 19.4. The number of benzene rings is 2. The van der Waals surface area contributed by atoms with Crippen LogP contribution in [-0.4, -0.2) is 19.7 Å². The monoisotopic (exact) mass is 320 g/mol. The van der Waals surface area contributed by atoms with E-state index < -0.39 is 0 Å². The third-order valence-electron chi connectivity index (χ3n) is 3.71. The maximum absolute atomic E-state index is 13.7. The molecule has 2 aromatic carbocycles. The smallest absolute Gasteiger partial charge is 0.129 e. The quantitative estimate of drug-likeness (QED) is 0.900. The van der Waals surface area contributed by atoms with Crippen molar-refractivity contribution in [3.8, 4) is 0 Å². The molecule has 3 rings (SSSR count). The van der Waals surface area contributed by atoms with Gasteiger partial charge in [0.1, 0.15) is 5.82 Å². The summed E-state index contributed by atoms with van der Waals surface area (Å²) in [6.45, 7) is 2.90. The SMILES string of the molecule is Fc1cc(Cl)ccc1CNc1ccc(C2CNCCO2)cc1. The van der Waals surface area contributed by atoms with Crippen molar-refractivity contribution in [1.29, 1.82) is 0 Å². The van der Waals surface area contributed by atoms with Crippen molar-refractivity contribution in [2.24, 2.45) is 0 Å². The summed E-state index contributed by atoms with van der Waals surface area (Å²) in [6.07, 6.45) is 0.108. The van der Waals surface area contributed by atoms with Crippen LogP contribution in [0.4, 0.5) is 10.1 Å². The average Bonchev–Trinajstić information content (AvgIpc) is 2.55. The van der Waals surface area contributed by atoms with Crippen LogP contribution in [0, 0.1) is 5.82 Å². The second-order valence-corrected chi connectivity index (χ2v) is 5.71. The summed E-state index contributed by atoms with van der Waals surface area (Å²) in [6, 6.07) is 12.8. The molecule has 0 aliphatic carbocycles. The van der Waals surface area contributed by atoms with Gasteiger partial charge in [-0.15, -0.1) is 0 Å². The van der Waals surface area contributed by atoms with Gasteiger partial charge in [0.15, 0.2) is 0 Å². The lowest BCUT2D eigenvalue weighted by atomic mass is 10.1. The number of nitrogens with one attached hydrogen (secondary N) is 2. The van der Waals surface area contributed by atoms with Gasteiger partial charge in [0, 0.05) is 35.9 Å². The molecule has 1 atom stereocenters. The zero-order valence-corrected chi connectivity index (χ0v) is 12.9. The minimum Gasteiger partial charge on any atom is -0.381 e. The van der Waals surface area contributed by atoms with Gasteiger partial charge in [-0.1, -0.05) is 29.8 Å². The number of morpholine rings is 1. The van der Waals surface area contributed by atoms with Crippen molar-refractivity contribution in [1.82, 2.24) is 5.32 Å². The zero-order chi connectivity index (χ0) is 15.4. The molecule has 3 nitrogen and oxygen atoms in total. The Morgan fingerprint density at radius 2 is 2.05 bits per heavy atom. The lowest BCUT2D eigenvalue weighted by molar-refractivity contribution is 0.0277. The lowest BCUT2D eigenvalue weighted by Gasteiger charge is -2.24. The topological polar surface area (TPSA) is 33.3 Å². The Labute approximate surface area is 134 Å². The number of hydrogen-bond acceptors (Lipinski definition) is 3. The fourth-order valence-corrected chi connectivity index (χ4v) is 2.62. The van der Waals surface area contributed by atoms with Crippen molar-refractivity contribution >= 4 is 17.3 Å². The largest absolute Gasteiger partial charge is 0.381 e. The maximum atomic E-state index is 13.7. The average molecular weight is 321 g/mol. The molecule has 0 amide bonds. The highest BCUT2D eigenvalue weighted by molar-refractivity contribution is 6.30. The molecule has 1 aliphatic rings. The molecular weight excluding hydrogens is 303 g/mol. The van der Waals surface area contributed by atoms with Gasteiger partial charge in [-0.05, 0) is 29.8 Å². The Bertz CT molecular complexity index is 627. The van der Waals surface area contributed by atoms with E-state index in [-0.39, 0.29) is 11.9 Å². The molecule has 1 saturated heterocycles. The third-order valence-corrected chi connectivity index (χ3v) is 3.94. The highest BCUT2D eigenvalue weighted by atomic mass is 35.5. The molecule has 22 heavy (non-hydrogen) atoms. The molecule has 1 heterocycles. The number of halogens is 2. The first-order valence-corrected chi connectivity index (χ1v) is 7.70. The fraction of sp³-hybridized carbons (Fsp3) is 0.294. The zero-order valence-electron chi connectivity index (χ0n) is 12.1. The molecule has 2 N–H and O–H groups in total. The minimum atomic E-state index is -0.293. The first-order valence-electron chi connectivity index (χ1n) is 7.32. The van der Waals surface area contributed by atoms with Crippen molar-refractivity contribution in [2.75, 3.05) is 25.0 Å². The Morgan fingerprint density at radius 1 is 1.23 bits per heavy atom. The molecule has 116 valence electrons. The first kappa shape index (κ1) is 15.3. The molecule has 0 saturated carbocycles. The van der Waals surface area contributed by atoms with E-state index in [1.807, 2.05) is 24.3 Å². The predicted molar refractivity (Wildman–Crippen MR) is 86.7 cm³/mol. The van der Waals surface area contributed by atoms with Crippen molar-refractivity contribution in [2.45, 2.75) is 12.6 Å². The summed E-state index contributed by atoms with van der Waals surface area (Å²) in [5.41, 5.74) is 2.69. The maximum Gasteiger partial charge on any atom is 0.129 e. The van der Waals surface area contributed by atoms with Crippen LogP contribution in [0.2, 0.25) is 5.02 Å². The van der Waals surface area contributed by atoms with E-state index in [9.17, 15) is 4.39 Å². The summed E-state index contributed by atoms with van der Waals surface area (Å²) >= 11 is 5.75. The Morgan fingerprint density at radius 3 is 2.73 bits per heavy atom. The van der Waals surface area contributed by atoms with Crippen LogP contribution >= 0.6 is 11.6 Å². The summed E-state index contributed by atoms with van der Waals surface area (Å²) in [7, 11) is 0. The summed E-state index contributed by atoms with van der Waals surface area (Å²) in [4.78, 5) is 0. The summed E-state index contributed by atoms with van der Waals surface area (Å²) in [5, 5.41) is 6.93. The molecular formula is C17H18ClFN2O. The fourth-order valence-electron chi connectivity index (χ4n) is 2.46. The molecule has 1 fully saturated rings. The normalized spacial score (nSPS) is 18.2. The predicted octanol–water partition coefficient (Wildman–Crippen LogP) is 3.75. The molecule has 0 radical (unpaired) electrons. The number of anilines is 1. The van der Waals surface area contributed by atoms with Crippen LogP contribution in [0.5, 0.6) is 0 Å². The van der Waals surface area contributed by atoms with Crippen molar-refractivity contribution < 1.29 is 9.13 Å². The molecule has 0 spiro atoms. The number of hydrogen-bond donors (Lipinski definition) is 2.